The molecular weight excluding hydrogens is 276 g/mol. The van der Waals surface area contributed by atoms with Gasteiger partial charge < -0.3 is 4.74 Å². The number of alkyl halides is 1. The van der Waals surface area contributed by atoms with Crippen LogP contribution >= 0.6 is 15.9 Å². The second kappa shape index (κ2) is 7.13. The van der Waals surface area contributed by atoms with Crippen LogP contribution < -0.4 is 0 Å². The van der Waals surface area contributed by atoms with Crippen molar-refractivity contribution < 1.29 is 4.74 Å². The molecule has 0 aromatic heterocycles. The number of hydrogen-bond donors (Lipinski definition) is 0. The molecule has 0 N–H and O–H groups in total. The normalized spacial score (nSPS) is 30.2. The maximum Gasteiger partial charge on any atom is 0.0779 e. The van der Waals surface area contributed by atoms with Crippen LogP contribution in [0, 0.1) is 17.8 Å². The van der Waals surface area contributed by atoms with E-state index < -0.39 is 0 Å². The van der Waals surface area contributed by atoms with Crippen molar-refractivity contribution in [2.24, 2.45) is 17.8 Å². The molecule has 0 radical (unpaired) electrons. The summed E-state index contributed by atoms with van der Waals surface area (Å²) in [6.07, 6.45) is 6.33. The molecule has 17 heavy (non-hydrogen) atoms. The van der Waals surface area contributed by atoms with Crippen molar-refractivity contribution in [2.75, 3.05) is 11.9 Å². The van der Waals surface area contributed by atoms with E-state index in [1.807, 2.05) is 0 Å². The Balaban J connectivity index is 2.38. The van der Waals surface area contributed by atoms with Crippen LogP contribution in [-0.4, -0.2) is 17.5 Å². The van der Waals surface area contributed by atoms with Crippen molar-refractivity contribution in [3.05, 3.63) is 0 Å². The first-order valence-electron chi connectivity index (χ1n) is 7.19. The van der Waals surface area contributed by atoms with Crippen LogP contribution in [0.4, 0.5) is 0 Å². The van der Waals surface area contributed by atoms with Crippen LogP contribution in [-0.2, 0) is 4.74 Å². The van der Waals surface area contributed by atoms with Gasteiger partial charge in [0.2, 0.25) is 0 Å². The van der Waals surface area contributed by atoms with Crippen molar-refractivity contribution >= 4 is 15.9 Å². The van der Waals surface area contributed by atoms with Gasteiger partial charge in [0.15, 0.2) is 0 Å². The molecule has 1 aliphatic rings. The Morgan fingerprint density at radius 3 is 2.18 bits per heavy atom. The lowest BCUT2D eigenvalue weighted by Gasteiger charge is -2.40. The van der Waals surface area contributed by atoms with Crippen molar-refractivity contribution in [1.82, 2.24) is 0 Å². The van der Waals surface area contributed by atoms with E-state index in [-0.39, 0.29) is 5.60 Å². The minimum Gasteiger partial charge on any atom is -0.374 e. The number of ether oxygens (including phenoxy) is 1. The van der Waals surface area contributed by atoms with Crippen molar-refractivity contribution in [1.29, 1.82) is 0 Å². The first kappa shape index (κ1) is 15.5. The third-order valence-corrected chi connectivity index (χ3v) is 5.25. The predicted molar refractivity (Wildman–Crippen MR) is 78.7 cm³/mol. The van der Waals surface area contributed by atoms with Gasteiger partial charge in [0, 0.05) is 11.9 Å². The highest BCUT2D eigenvalue weighted by Crippen LogP contribution is 2.39. The van der Waals surface area contributed by atoms with E-state index in [2.05, 4.69) is 43.6 Å². The fourth-order valence-corrected chi connectivity index (χ4v) is 3.38. The molecule has 0 aromatic carbocycles. The number of halogens is 1. The monoisotopic (exact) mass is 304 g/mol. The third kappa shape index (κ3) is 4.90. The van der Waals surface area contributed by atoms with E-state index in [4.69, 9.17) is 4.74 Å². The highest BCUT2D eigenvalue weighted by atomic mass is 79.9. The van der Waals surface area contributed by atoms with Gasteiger partial charge in [-0.2, -0.15) is 0 Å². The Hall–Kier alpha value is 0.440. The summed E-state index contributed by atoms with van der Waals surface area (Å²) in [5, 5.41) is 1.00. The summed E-state index contributed by atoms with van der Waals surface area (Å²) in [6.45, 7) is 10.2. The summed E-state index contributed by atoms with van der Waals surface area (Å²) in [5.74, 6) is 2.49. The van der Waals surface area contributed by atoms with Crippen LogP contribution in [0.2, 0.25) is 0 Å². The van der Waals surface area contributed by atoms with Gasteiger partial charge in [0.25, 0.3) is 0 Å². The van der Waals surface area contributed by atoms with Gasteiger partial charge in [-0.3, -0.25) is 0 Å². The summed E-state index contributed by atoms with van der Waals surface area (Å²) in [6, 6.07) is 0. The van der Waals surface area contributed by atoms with E-state index in [1.54, 1.807) is 0 Å². The zero-order valence-corrected chi connectivity index (χ0v) is 13.6. The molecule has 1 rings (SSSR count). The maximum absolute atomic E-state index is 6.21. The van der Waals surface area contributed by atoms with Gasteiger partial charge in [-0.25, -0.2) is 0 Å². The van der Waals surface area contributed by atoms with Crippen LogP contribution in [0.5, 0.6) is 0 Å². The fourth-order valence-electron chi connectivity index (χ4n) is 2.66. The van der Waals surface area contributed by atoms with Crippen LogP contribution in [0.25, 0.3) is 0 Å². The molecule has 0 spiro atoms. The SMILES string of the molecule is CC(C)CCOC1(CBr)CCC(C(C)C)CC1. The van der Waals surface area contributed by atoms with Gasteiger partial charge in [-0.1, -0.05) is 43.6 Å². The van der Waals surface area contributed by atoms with Crippen LogP contribution in [0.1, 0.15) is 59.8 Å². The lowest BCUT2D eigenvalue weighted by molar-refractivity contribution is -0.0664. The molecule has 0 bridgehead atoms. The summed E-state index contributed by atoms with van der Waals surface area (Å²) in [5.41, 5.74) is 0.139. The van der Waals surface area contributed by atoms with Gasteiger partial charge >= 0.3 is 0 Å². The zero-order valence-electron chi connectivity index (χ0n) is 12.0. The standard InChI is InChI=1S/C15H29BrO/c1-12(2)7-10-17-15(11-16)8-5-14(6-9-15)13(3)4/h12-14H,5-11H2,1-4H3. The number of hydrogen-bond acceptors (Lipinski definition) is 1. The molecule has 0 saturated heterocycles. The van der Waals surface area contributed by atoms with E-state index >= 15 is 0 Å². The lowest BCUT2D eigenvalue weighted by atomic mass is 9.75. The minimum absolute atomic E-state index is 0.139. The van der Waals surface area contributed by atoms with Gasteiger partial charge in [0.05, 0.1) is 5.60 Å². The molecule has 1 nitrogen and oxygen atoms in total. The highest BCUT2D eigenvalue weighted by molar-refractivity contribution is 9.09. The topological polar surface area (TPSA) is 9.23 Å². The molecule has 102 valence electrons. The molecule has 1 saturated carbocycles. The van der Waals surface area contributed by atoms with Gasteiger partial charge in [-0.05, 0) is 49.9 Å². The van der Waals surface area contributed by atoms with Gasteiger partial charge in [-0.15, -0.1) is 0 Å². The minimum atomic E-state index is 0.139. The third-order valence-electron chi connectivity index (χ3n) is 4.23. The fraction of sp³-hybridized carbons (Fsp3) is 1.00. The summed E-state index contributed by atoms with van der Waals surface area (Å²) >= 11 is 3.67. The Morgan fingerprint density at radius 1 is 1.18 bits per heavy atom. The highest BCUT2D eigenvalue weighted by Gasteiger charge is 2.35. The average Bonchev–Trinajstić information content (AvgIpc) is 2.29. The Bertz CT molecular complexity index is 199. The van der Waals surface area contributed by atoms with Crippen molar-refractivity contribution in [3.8, 4) is 0 Å². The Labute approximate surface area is 116 Å². The zero-order chi connectivity index (χ0) is 12.9. The molecule has 2 heteroatoms. The molecule has 0 unspecified atom stereocenters. The summed E-state index contributed by atoms with van der Waals surface area (Å²) < 4.78 is 6.21. The first-order chi connectivity index (χ1) is 7.99. The molecule has 0 atom stereocenters. The van der Waals surface area contributed by atoms with Crippen molar-refractivity contribution in [3.63, 3.8) is 0 Å². The summed E-state index contributed by atoms with van der Waals surface area (Å²) in [4.78, 5) is 0. The lowest BCUT2D eigenvalue weighted by Crippen LogP contribution is -2.40. The van der Waals surface area contributed by atoms with E-state index in [0.29, 0.717) is 0 Å². The van der Waals surface area contributed by atoms with Gasteiger partial charge in [0.1, 0.15) is 0 Å². The molecule has 0 amide bonds. The smallest absolute Gasteiger partial charge is 0.0779 e. The quantitative estimate of drug-likeness (QED) is 0.625. The Kier molecular flexibility index (Phi) is 6.50. The van der Waals surface area contributed by atoms with Crippen LogP contribution in [0.15, 0.2) is 0 Å². The molecule has 0 heterocycles. The van der Waals surface area contributed by atoms with Crippen molar-refractivity contribution in [2.45, 2.75) is 65.4 Å². The summed E-state index contributed by atoms with van der Waals surface area (Å²) in [7, 11) is 0. The molecular formula is C15H29BrO. The Morgan fingerprint density at radius 2 is 1.76 bits per heavy atom. The molecule has 0 aliphatic heterocycles. The average molecular weight is 305 g/mol. The van der Waals surface area contributed by atoms with E-state index in [1.165, 1.54) is 32.1 Å². The molecule has 1 fully saturated rings. The molecule has 1 aliphatic carbocycles. The maximum atomic E-state index is 6.21. The second-order valence-corrected chi connectivity index (χ2v) is 6.99. The first-order valence-corrected chi connectivity index (χ1v) is 8.31. The van der Waals surface area contributed by atoms with Crippen LogP contribution in [0.3, 0.4) is 0 Å². The molecule has 0 aromatic rings. The largest absolute Gasteiger partial charge is 0.374 e. The van der Waals surface area contributed by atoms with E-state index in [9.17, 15) is 0 Å². The second-order valence-electron chi connectivity index (χ2n) is 6.43. The predicted octanol–water partition coefficient (Wildman–Crippen LogP) is 5.03. The van der Waals surface area contributed by atoms with E-state index in [0.717, 1.165) is 29.7 Å². The number of rotatable bonds is 6.